The standard InChI is InChI=1S/C16H19NO3S/c18-16-14-12-7-4-9-17(12)20-15(14)13(8-10-19-16)21-11-5-2-1-3-6-11/h1-3,5-6,12-15H,4,7-10H2/t12-,13+,14-,15-/m1/s1. The van der Waals surface area contributed by atoms with Crippen molar-refractivity contribution in [2.45, 2.75) is 41.6 Å². The van der Waals surface area contributed by atoms with E-state index in [0.29, 0.717) is 6.61 Å². The first kappa shape index (κ1) is 13.6. The largest absolute Gasteiger partial charge is 0.465 e. The van der Waals surface area contributed by atoms with Gasteiger partial charge in [0.25, 0.3) is 0 Å². The van der Waals surface area contributed by atoms with Gasteiger partial charge >= 0.3 is 5.97 Å². The van der Waals surface area contributed by atoms with Gasteiger partial charge in [0.1, 0.15) is 12.0 Å². The fraction of sp³-hybridized carbons (Fsp3) is 0.562. The molecule has 0 bridgehead atoms. The number of fused-ring (bicyclic) bond motifs is 3. The van der Waals surface area contributed by atoms with Crippen molar-refractivity contribution in [3.63, 3.8) is 0 Å². The van der Waals surface area contributed by atoms with Gasteiger partial charge in [-0.2, -0.15) is 5.06 Å². The second-order valence-corrected chi connectivity index (χ2v) is 7.18. The number of carbonyl (C=O) groups is 1. The molecule has 0 radical (unpaired) electrons. The maximum atomic E-state index is 12.3. The second-order valence-electron chi connectivity index (χ2n) is 5.87. The van der Waals surface area contributed by atoms with Crippen LogP contribution in [0.2, 0.25) is 0 Å². The number of hydrogen-bond acceptors (Lipinski definition) is 5. The number of hydrogen-bond donors (Lipinski definition) is 0. The minimum absolute atomic E-state index is 0.0458. The molecule has 1 aromatic rings. The number of carbonyl (C=O) groups excluding carboxylic acids is 1. The van der Waals surface area contributed by atoms with Crippen LogP contribution in [-0.2, 0) is 14.4 Å². The quantitative estimate of drug-likeness (QED) is 0.785. The average molecular weight is 305 g/mol. The molecule has 0 aromatic heterocycles. The Hall–Kier alpha value is -1.04. The van der Waals surface area contributed by atoms with Crippen molar-refractivity contribution < 1.29 is 14.4 Å². The fourth-order valence-corrected chi connectivity index (χ4v) is 4.85. The SMILES string of the molecule is O=C1OCC[C@H](Sc2ccccc2)[C@H]2ON3CCC[C@@H]3[C@@H]12. The summed E-state index contributed by atoms with van der Waals surface area (Å²) in [5.74, 6) is -0.179. The van der Waals surface area contributed by atoms with E-state index in [1.54, 1.807) is 0 Å². The maximum absolute atomic E-state index is 12.3. The zero-order chi connectivity index (χ0) is 14.2. The van der Waals surface area contributed by atoms with Crippen LogP contribution in [0.1, 0.15) is 19.3 Å². The predicted molar refractivity (Wildman–Crippen MR) is 79.8 cm³/mol. The molecule has 4 nitrogen and oxygen atoms in total. The molecule has 3 saturated heterocycles. The zero-order valence-corrected chi connectivity index (χ0v) is 12.6. The van der Waals surface area contributed by atoms with Crippen molar-refractivity contribution in [3.8, 4) is 0 Å². The summed E-state index contributed by atoms with van der Waals surface area (Å²) in [6.07, 6.45) is 2.96. The minimum Gasteiger partial charge on any atom is -0.465 e. The van der Waals surface area contributed by atoms with Crippen molar-refractivity contribution in [1.82, 2.24) is 5.06 Å². The highest BCUT2D eigenvalue weighted by atomic mass is 32.2. The van der Waals surface area contributed by atoms with E-state index < -0.39 is 0 Å². The summed E-state index contributed by atoms with van der Waals surface area (Å²) in [5, 5.41) is 2.30. The van der Waals surface area contributed by atoms with Crippen LogP contribution >= 0.6 is 11.8 Å². The Morgan fingerprint density at radius 2 is 2.05 bits per heavy atom. The minimum atomic E-state index is -0.115. The van der Waals surface area contributed by atoms with Crippen LogP contribution in [0.15, 0.2) is 35.2 Å². The number of cyclic esters (lactones) is 1. The van der Waals surface area contributed by atoms with Gasteiger partial charge in [0.05, 0.1) is 12.6 Å². The van der Waals surface area contributed by atoms with Gasteiger partial charge < -0.3 is 4.74 Å². The highest BCUT2D eigenvalue weighted by Crippen LogP contribution is 2.43. The van der Waals surface area contributed by atoms with E-state index in [-0.39, 0.29) is 29.3 Å². The molecule has 4 atom stereocenters. The topological polar surface area (TPSA) is 38.8 Å². The number of thioether (sulfide) groups is 1. The normalized spacial score (nSPS) is 35.9. The lowest BCUT2D eigenvalue weighted by molar-refractivity contribution is -0.151. The van der Waals surface area contributed by atoms with Gasteiger partial charge in [-0.05, 0) is 31.4 Å². The van der Waals surface area contributed by atoms with Gasteiger partial charge in [0.15, 0.2) is 0 Å². The summed E-state index contributed by atoms with van der Waals surface area (Å²) in [4.78, 5) is 19.7. The van der Waals surface area contributed by atoms with Crippen molar-refractivity contribution in [3.05, 3.63) is 30.3 Å². The summed E-state index contributed by atoms with van der Waals surface area (Å²) in [6.45, 7) is 1.44. The lowest BCUT2D eigenvalue weighted by Gasteiger charge is -2.23. The summed E-state index contributed by atoms with van der Waals surface area (Å²) >= 11 is 1.81. The molecule has 1 aromatic carbocycles. The highest BCUT2D eigenvalue weighted by Gasteiger charge is 2.53. The molecule has 112 valence electrons. The van der Waals surface area contributed by atoms with E-state index in [1.165, 1.54) is 4.90 Å². The smallest absolute Gasteiger partial charge is 0.313 e. The van der Waals surface area contributed by atoms with Crippen LogP contribution in [0, 0.1) is 5.92 Å². The Balaban J connectivity index is 1.58. The first-order chi connectivity index (χ1) is 10.3. The van der Waals surface area contributed by atoms with Crippen LogP contribution in [0.3, 0.4) is 0 Å². The van der Waals surface area contributed by atoms with Gasteiger partial charge in [-0.25, -0.2) is 0 Å². The average Bonchev–Trinajstić information content (AvgIpc) is 3.03. The van der Waals surface area contributed by atoms with Gasteiger partial charge in [-0.1, -0.05) is 18.2 Å². The van der Waals surface area contributed by atoms with Crippen molar-refractivity contribution in [2.24, 2.45) is 5.92 Å². The monoisotopic (exact) mass is 305 g/mol. The van der Waals surface area contributed by atoms with E-state index >= 15 is 0 Å². The molecule has 3 aliphatic heterocycles. The molecular weight excluding hydrogens is 286 g/mol. The molecule has 0 aliphatic carbocycles. The van der Waals surface area contributed by atoms with Crippen molar-refractivity contribution >= 4 is 17.7 Å². The van der Waals surface area contributed by atoms with Crippen molar-refractivity contribution in [1.29, 1.82) is 0 Å². The molecule has 3 fully saturated rings. The predicted octanol–water partition coefficient (Wildman–Crippen LogP) is 2.49. The van der Waals surface area contributed by atoms with Crippen molar-refractivity contribution in [2.75, 3.05) is 13.2 Å². The molecular formula is C16H19NO3S. The molecule has 0 saturated carbocycles. The van der Waals surface area contributed by atoms with Gasteiger partial charge in [-0.15, -0.1) is 11.8 Å². The Bertz CT molecular complexity index is 524. The van der Waals surface area contributed by atoms with Crippen LogP contribution in [0.5, 0.6) is 0 Å². The summed E-state index contributed by atoms with van der Waals surface area (Å²) in [6, 6.07) is 10.6. The third-order valence-electron chi connectivity index (χ3n) is 4.59. The molecule has 4 rings (SSSR count). The maximum Gasteiger partial charge on any atom is 0.313 e. The van der Waals surface area contributed by atoms with E-state index in [0.717, 1.165) is 25.8 Å². The first-order valence-corrected chi connectivity index (χ1v) is 8.52. The Morgan fingerprint density at radius 3 is 2.90 bits per heavy atom. The van der Waals surface area contributed by atoms with Crippen LogP contribution < -0.4 is 0 Å². The molecule has 0 unspecified atom stereocenters. The van der Waals surface area contributed by atoms with Gasteiger partial charge in [0.2, 0.25) is 0 Å². The van der Waals surface area contributed by atoms with Gasteiger partial charge in [0, 0.05) is 16.7 Å². The Morgan fingerprint density at radius 1 is 1.19 bits per heavy atom. The number of benzene rings is 1. The Kier molecular flexibility index (Phi) is 3.65. The molecule has 3 heterocycles. The lowest BCUT2D eigenvalue weighted by atomic mass is 9.91. The van der Waals surface area contributed by atoms with Crippen LogP contribution in [-0.4, -0.2) is 41.6 Å². The molecule has 0 spiro atoms. The molecule has 0 amide bonds. The Labute approximate surface area is 128 Å². The third-order valence-corrected chi connectivity index (χ3v) is 5.94. The van der Waals surface area contributed by atoms with Crippen LogP contribution in [0.25, 0.3) is 0 Å². The highest BCUT2D eigenvalue weighted by molar-refractivity contribution is 8.00. The van der Waals surface area contributed by atoms with Crippen LogP contribution in [0.4, 0.5) is 0 Å². The molecule has 21 heavy (non-hydrogen) atoms. The van der Waals surface area contributed by atoms with Gasteiger partial charge in [-0.3, -0.25) is 9.63 Å². The number of nitrogens with zero attached hydrogens (tertiary/aromatic N) is 1. The molecule has 5 heteroatoms. The summed E-state index contributed by atoms with van der Waals surface area (Å²) < 4.78 is 5.43. The van der Waals surface area contributed by atoms with E-state index in [2.05, 4.69) is 12.1 Å². The van der Waals surface area contributed by atoms with E-state index in [4.69, 9.17) is 9.57 Å². The number of ether oxygens (including phenoxy) is 1. The van der Waals surface area contributed by atoms with E-state index in [9.17, 15) is 4.79 Å². The molecule has 0 N–H and O–H groups in total. The summed E-state index contributed by atoms with van der Waals surface area (Å²) in [7, 11) is 0. The number of esters is 1. The number of hydroxylamine groups is 2. The molecule has 3 aliphatic rings. The second kappa shape index (κ2) is 5.63. The zero-order valence-electron chi connectivity index (χ0n) is 11.8. The third kappa shape index (κ3) is 2.47. The lowest BCUT2D eigenvalue weighted by Crippen LogP contribution is -2.36. The van der Waals surface area contributed by atoms with E-state index in [1.807, 2.05) is 35.0 Å². The fourth-order valence-electron chi connectivity index (χ4n) is 3.62. The number of rotatable bonds is 2. The first-order valence-electron chi connectivity index (χ1n) is 7.65. The summed E-state index contributed by atoms with van der Waals surface area (Å²) in [5.41, 5.74) is 0.